The van der Waals surface area contributed by atoms with E-state index in [1.165, 1.54) is 35.9 Å². The van der Waals surface area contributed by atoms with Gasteiger partial charge in [0, 0.05) is 35.3 Å². The number of likely N-dealkylation sites (tertiary alicyclic amines) is 1. The molecule has 0 spiro atoms. The van der Waals surface area contributed by atoms with Crippen molar-refractivity contribution < 1.29 is 4.79 Å². The van der Waals surface area contributed by atoms with Crippen molar-refractivity contribution in [2.45, 2.75) is 43.9 Å². The molecule has 7 heteroatoms. The van der Waals surface area contributed by atoms with Crippen LogP contribution in [-0.4, -0.2) is 44.6 Å². The molecular formula is C28H30N4OS2. The van der Waals surface area contributed by atoms with Crippen LogP contribution < -0.4 is 0 Å². The number of rotatable bonds is 7. The van der Waals surface area contributed by atoms with Crippen molar-refractivity contribution in [1.82, 2.24) is 14.7 Å². The Hall–Kier alpha value is -2.77. The fourth-order valence-corrected chi connectivity index (χ4v) is 6.19. The molecule has 2 aliphatic rings. The number of carbonyl (C=O) groups excluding carboxylic acids is 1. The van der Waals surface area contributed by atoms with Gasteiger partial charge in [0.25, 0.3) is 5.91 Å². The van der Waals surface area contributed by atoms with E-state index in [9.17, 15) is 4.79 Å². The quantitative estimate of drug-likeness (QED) is 0.200. The average Bonchev–Trinajstić information content (AvgIpc) is 3.49. The van der Waals surface area contributed by atoms with Gasteiger partial charge in [0.2, 0.25) is 0 Å². The summed E-state index contributed by atoms with van der Waals surface area (Å²) in [5, 5.41) is 5.77. The number of piperidine rings is 1. The van der Waals surface area contributed by atoms with Crippen LogP contribution in [0.2, 0.25) is 0 Å². The van der Waals surface area contributed by atoms with Crippen molar-refractivity contribution in [3.05, 3.63) is 71.3 Å². The van der Waals surface area contributed by atoms with Gasteiger partial charge in [-0.15, -0.1) is 11.8 Å². The van der Waals surface area contributed by atoms with Gasteiger partial charge >= 0.3 is 0 Å². The van der Waals surface area contributed by atoms with Crippen molar-refractivity contribution in [2.75, 3.05) is 18.8 Å². The van der Waals surface area contributed by atoms with E-state index in [0.717, 1.165) is 59.4 Å². The molecule has 2 aromatic carbocycles. The number of nitrogens with zero attached hydrogens (tertiary/aromatic N) is 4. The Labute approximate surface area is 215 Å². The third kappa shape index (κ3) is 5.73. The van der Waals surface area contributed by atoms with Gasteiger partial charge in [-0.2, -0.15) is 10.1 Å². The molecule has 1 aromatic heterocycles. The zero-order chi connectivity index (χ0) is 24.0. The Balaban J connectivity index is 1.45. The zero-order valence-corrected chi connectivity index (χ0v) is 21.7. The molecule has 0 radical (unpaired) electrons. The number of carbonyl (C=O) groups is 1. The first-order valence-electron chi connectivity index (χ1n) is 12.4. The first-order valence-corrected chi connectivity index (χ1v) is 14.2. The lowest BCUT2D eigenvalue weighted by molar-refractivity contribution is -0.113. The summed E-state index contributed by atoms with van der Waals surface area (Å²) in [6, 6.07) is 18.7. The molecular weight excluding hydrogens is 472 g/mol. The number of aromatic nitrogens is 2. The molecule has 0 N–H and O–H groups in total. The minimum atomic E-state index is -0.156. The fourth-order valence-electron chi connectivity index (χ4n) is 4.23. The third-order valence-corrected chi connectivity index (χ3v) is 8.32. The maximum absolute atomic E-state index is 12.8. The third-order valence-electron chi connectivity index (χ3n) is 6.18. The predicted octanol–water partition coefficient (Wildman–Crippen LogP) is 6.89. The van der Waals surface area contributed by atoms with Gasteiger partial charge in [0.1, 0.15) is 0 Å². The number of para-hydroxylation sites is 1. The molecule has 0 bridgehead atoms. The van der Waals surface area contributed by atoms with Crippen molar-refractivity contribution in [3.63, 3.8) is 0 Å². The van der Waals surface area contributed by atoms with E-state index in [0.29, 0.717) is 4.91 Å². The van der Waals surface area contributed by atoms with E-state index in [1.807, 2.05) is 59.0 Å². The summed E-state index contributed by atoms with van der Waals surface area (Å²) in [5.74, 6) is 0.978. The smallest absolute Gasteiger partial charge is 0.286 e. The summed E-state index contributed by atoms with van der Waals surface area (Å²) in [4.78, 5) is 21.3. The Morgan fingerprint density at radius 3 is 2.54 bits per heavy atom. The maximum atomic E-state index is 12.8. The summed E-state index contributed by atoms with van der Waals surface area (Å²) < 4.78 is 1.89. The summed E-state index contributed by atoms with van der Waals surface area (Å²) in [7, 11) is 0. The lowest BCUT2D eigenvalue weighted by Crippen LogP contribution is -2.33. The molecule has 0 aliphatic carbocycles. The van der Waals surface area contributed by atoms with Crippen molar-refractivity contribution in [2.24, 2.45) is 4.99 Å². The second-order valence-corrected chi connectivity index (χ2v) is 11.0. The number of hydrogen-bond donors (Lipinski definition) is 0. The van der Waals surface area contributed by atoms with Crippen LogP contribution in [0.15, 0.2) is 75.6 Å². The number of benzene rings is 2. The molecule has 1 amide bonds. The molecule has 0 atom stereocenters. The normalized spacial score (nSPS) is 17.3. The SMILES string of the molecule is CCCCSc1ccc(-c2nn(-c3ccccc3)cc2/C=C2\SC(N3CCCCC3)=NC2=O)cc1. The molecule has 2 aliphatic heterocycles. The van der Waals surface area contributed by atoms with Crippen molar-refractivity contribution >= 4 is 40.7 Å². The largest absolute Gasteiger partial charge is 0.351 e. The van der Waals surface area contributed by atoms with Gasteiger partial charge in [0.15, 0.2) is 5.17 Å². The van der Waals surface area contributed by atoms with Crippen LogP contribution in [0.1, 0.15) is 44.6 Å². The Morgan fingerprint density at radius 1 is 1.03 bits per heavy atom. The Bertz CT molecular complexity index is 1230. The van der Waals surface area contributed by atoms with Gasteiger partial charge < -0.3 is 4.90 Å². The van der Waals surface area contributed by atoms with Crippen LogP contribution in [0, 0.1) is 0 Å². The van der Waals surface area contributed by atoms with Crippen molar-refractivity contribution in [1.29, 1.82) is 0 Å². The highest BCUT2D eigenvalue weighted by atomic mass is 32.2. The summed E-state index contributed by atoms with van der Waals surface area (Å²) >= 11 is 3.38. The molecule has 180 valence electrons. The van der Waals surface area contributed by atoms with Crippen LogP contribution in [0.25, 0.3) is 23.0 Å². The molecule has 5 rings (SSSR count). The van der Waals surface area contributed by atoms with Gasteiger partial charge in [-0.3, -0.25) is 4.79 Å². The molecule has 1 saturated heterocycles. The minimum Gasteiger partial charge on any atom is -0.351 e. The van der Waals surface area contributed by atoms with Crippen LogP contribution in [0.5, 0.6) is 0 Å². The number of aliphatic imine (C=N–C) groups is 1. The second-order valence-electron chi connectivity index (χ2n) is 8.80. The number of hydrogen-bond acceptors (Lipinski definition) is 5. The van der Waals surface area contributed by atoms with Crippen molar-refractivity contribution in [3.8, 4) is 16.9 Å². The Morgan fingerprint density at radius 2 is 1.80 bits per heavy atom. The number of unbranched alkanes of at least 4 members (excludes halogenated alkanes) is 1. The van der Waals surface area contributed by atoms with Crippen LogP contribution >= 0.6 is 23.5 Å². The maximum Gasteiger partial charge on any atom is 0.286 e. The number of amidine groups is 1. The first-order chi connectivity index (χ1) is 17.2. The van der Waals surface area contributed by atoms with Gasteiger partial charge in [-0.05, 0) is 73.5 Å². The summed E-state index contributed by atoms with van der Waals surface area (Å²) in [6.07, 6.45) is 9.97. The van der Waals surface area contributed by atoms with E-state index in [-0.39, 0.29) is 5.91 Å². The number of amides is 1. The monoisotopic (exact) mass is 502 g/mol. The highest BCUT2D eigenvalue weighted by Gasteiger charge is 2.27. The summed E-state index contributed by atoms with van der Waals surface area (Å²) in [6.45, 7) is 4.18. The fraction of sp³-hybridized carbons (Fsp3) is 0.321. The van der Waals surface area contributed by atoms with E-state index < -0.39 is 0 Å². The molecule has 0 unspecified atom stereocenters. The molecule has 0 saturated carbocycles. The lowest BCUT2D eigenvalue weighted by Gasteiger charge is -2.27. The van der Waals surface area contributed by atoms with E-state index >= 15 is 0 Å². The Kier molecular flexibility index (Phi) is 7.74. The average molecular weight is 503 g/mol. The van der Waals surface area contributed by atoms with Crippen LogP contribution in [0.3, 0.4) is 0 Å². The molecule has 1 fully saturated rings. The lowest BCUT2D eigenvalue weighted by atomic mass is 10.1. The summed E-state index contributed by atoms with van der Waals surface area (Å²) in [5.41, 5.74) is 3.82. The predicted molar refractivity (Wildman–Crippen MR) is 148 cm³/mol. The van der Waals surface area contributed by atoms with E-state index in [4.69, 9.17) is 5.10 Å². The highest BCUT2D eigenvalue weighted by Crippen LogP contribution is 2.34. The zero-order valence-electron chi connectivity index (χ0n) is 20.0. The standard InChI is InChI=1S/C28H30N4OS2/c1-2-3-18-34-24-14-12-21(13-15-24)26-22(20-32(30-26)23-10-6-4-7-11-23)19-25-27(33)29-28(35-25)31-16-8-5-9-17-31/h4,6-7,10-15,19-20H,2-3,5,8-9,16-18H2,1H3/b25-19-. The van der Waals surface area contributed by atoms with E-state index in [2.05, 4.69) is 41.1 Å². The molecule has 3 heterocycles. The second kappa shape index (κ2) is 11.3. The molecule has 5 nitrogen and oxygen atoms in total. The molecule has 35 heavy (non-hydrogen) atoms. The van der Waals surface area contributed by atoms with Crippen LogP contribution in [-0.2, 0) is 4.79 Å². The van der Waals surface area contributed by atoms with Gasteiger partial charge in [0.05, 0.1) is 16.3 Å². The van der Waals surface area contributed by atoms with E-state index in [1.54, 1.807) is 0 Å². The highest BCUT2D eigenvalue weighted by molar-refractivity contribution is 8.18. The first kappa shape index (κ1) is 23.9. The topological polar surface area (TPSA) is 50.5 Å². The molecule has 3 aromatic rings. The van der Waals surface area contributed by atoms with Gasteiger partial charge in [-0.25, -0.2) is 4.68 Å². The number of thioether (sulfide) groups is 2. The minimum absolute atomic E-state index is 0.156. The van der Waals surface area contributed by atoms with Gasteiger partial charge in [-0.1, -0.05) is 43.7 Å². The van der Waals surface area contributed by atoms with Crippen LogP contribution in [0.4, 0.5) is 0 Å².